The lowest BCUT2D eigenvalue weighted by Crippen LogP contribution is -2.23. The SMILES string of the molecule is CCC(COC)Nc1ccc2c(ccn2C)c1. The topological polar surface area (TPSA) is 26.2 Å². The lowest BCUT2D eigenvalue weighted by Gasteiger charge is -2.17. The molecule has 1 unspecified atom stereocenters. The quantitative estimate of drug-likeness (QED) is 0.857. The number of aryl methyl sites for hydroxylation is 1. The minimum absolute atomic E-state index is 0.376. The third-order valence-electron chi connectivity index (χ3n) is 3.12. The van der Waals surface area contributed by atoms with Crippen molar-refractivity contribution in [1.29, 1.82) is 0 Å². The number of hydrogen-bond acceptors (Lipinski definition) is 2. The van der Waals surface area contributed by atoms with Crippen LogP contribution in [0.5, 0.6) is 0 Å². The molecule has 2 rings (SSSR count). The molecule has 3 nitrogen and oxygen atoms in total. The van der Waals surface area contributed by atoms with Gasteiger partial charge in [0, 0.05) is 43.0 Å². The second-order valence-corrected chi connectivity index (χ2v) is 4.41. The maximum absolute atomic E-state index is 5.19. The van der Waals surface area contributed by atoms with E-state index in [9.17, 15) is 0 Å². The molecule has 0 aliphatic heterocycles. The van der Waals surface area contributed by atoms with Gasteiger partial charge in [0.15, 0.2) is 0 Å². The van der Waals surface area contributed by atoms with Crippen LogP contribution in [0.2, 0.25) is 0 Å². The van der Waals surface area contributed by atoms with Crippen molar-refractivity contribution in [3.8, 4) is 0 Å². The van der Waals surface area contributed by atoms with Gasteiger partial charge in [0.1, 0.15) is 0 Å². The van der Waals surface area contributed by atoms with Crippen LogP contribution in [0.25, 0.3) is 10.9 Å². The molecule has 0 bridgehead atoms. The zero-order chi connectivity index (χ0) is 12.3. The van der Waals surface area contributed by atoms with Crippen molar-refractivity contribution in [3.63, 3.8) is 0 Å². The third kappa shape index (κ3) is 2.61. The Morgan fingerprint density at radius 1 is 1.35 bits per heavy atom. The summed E-state index contributed by atoms with van der Waals surface area (Å²) in [4.78, 5) is 0. The summed E-state index contributed by atoms with van der Waals surface area (Å²) in [5, 5.41) is 4.77. The van der Waals surface area contributed by atoms with E-state index >= 15 is 0 Å². The van der Waals surface area contributed by atoms with Gasteiger partial charge in [-0.2, -0.15) is 0 Å². The smallest absolute Gasteiger partial charge is 0.0663 e. The molecule has 0 aliphatic rings. The average Bonchev–Trinajstić information content (AvgIpc) is 2.70. The number of benzene rings is 1. The van der Waals surface area contributed by atoms with Gasteiger partial charge in [-0.15, -0.1) is 0 Å². The molecule has 0 spiro atoms. The minimum Gasteiger partial charge on any atom is -0.383 e. The van der Waals surface area contributed by atoms with E-state index in [2.05, 4.69) is 54.3 Å². The summed E-state index contributed by atoms with van der Waals surface area (Å²) in [6.45, 7) is 2.90. The molecule has 0 amide bonds. The minimum atomic E-state index is 0.376. The Morgan fingerprint density at radius 3 is 2.88 bits per heavy atom. The molecule has 1 N–H and O–H groups in total. The Balaban J connectivity index is 2.18. The van der Waals surface area contributed by atoms with Crippen LogP contribution in [0.15, 0.2) is 30.5 Å². The van der Waals surface area contributed by atoms with Crippen LogP contribution in [-0.4, -0.2) is 24.3 Å². The van der Waals surface area contributed by atoms with E-state index in [0.29, 0.717) is 6.04 Å². The van der Waals surface area contributed by atoms with Crippen molar-refractivity contribution in [2.45, 2.75) is 19.4 Å². The van der Waals surface area contributed by atoms with Crippen LogP contribution < -0.4 is 5.32 Å². The van der Waals surface area contributed by atoms with Crippen molar-refractivity contribution >= 4 is 16.6 Å². The fraction of sp³-hybridized carbons (Fsp3) is 0.429. The Kier molecular flexibility index (Phi) is 3.69. The highest BCUT2D eigenvalue weighted by molar-refractivity contribution is 5.83. The summed E-state index contributed by atoms with van der Waals surface area (Å²) in [6.07, 6.45) is 3.14. The van der Waals surface area contributed by atoms with Gasteiger partial charge in [-0.3, -0.25) is 0 Å². The Bertz CT molecular complexity index is 490. The number of anilines is 1. The van der Waals surface area contributed by atoms with Gasteiger partial charge in [0.05, 0.1) is 6.61 Å². The van der Waals surface area contributed by atoms with Crippen LogP contribution in [0.4, 0.5) is 5.69 Å². The maximum Gasteiger partial charge on any atom is 0.0663 e. The number of hydrogen-bond donors (Lipinski definition) is 1. The van der Waals surface area contributed by atoms with Gasteiger partial charge in [-0.05, 0) is 30.7 Å². The number of rotatable bonds is 5. The largest absolute Gasteiger partial charge is 0.383 e. The van der Waals surface area contributed by atoms with Crippen molar-refractivity contribution < 1.29 is 4.74 Å². The van der Waals surface area contributed by atoms with E-state index in [1.165, 1.54) is 10.9 Å². The van der Waals surface area contributed by atoms with Crippen LogP contribution >= 0.6 is 0 Å². The number of fused-ring (bicyclic) bond motifs is 1. The summed E-state index contributed by atoms with van der Waals surface area (Å²) < 4.78 is 7.32. The van der Waals surface area contributed by atoms with Crippen molar-refractivity contribution in [2.24, 2.45) is 7.05 Å². The van der Waals surface area contributed by atoms with Gasteiger partial charge in [0.25, 0.3) is 0 Å². The molecule has 1 atom stereocenters. The molecule has 0 aliphatic carbocycles. The molecule has 1 aromatic heterocycles. The molecular weight excluding hydrogens is 212 g/mol. The van der Waals surface area contributed by atoms with Gasteiger partial charge < -0.3 is 14.6 Å². The summed E-state index contributed by atoms with van der Waals surface area (Å²) >= 11 is 0. The molecule has 0 saturated heterocycles. The predicted molar refractivity (Wildman–Crippen MR) is 72.5 cm³/mol. The first-order chi connectivity index (χ1) is 8.24. The number of nitrogens with zero attached hydrogens (tertiary/aromatic N) is 1. The molecule has 0 fully saturated rings. The van der Waals surface area contributed by atoms with E-state index in [4.69, 9.17) is 4.74 Å². The molecule has 0 saturated carbocycles. The zero-order valence-corrected chi connectivity index (χ0v) is 10.7. The van der Waals surface area contributed by atoms with E-state index in [0.717, 1.165) is 18.7 Å². The Hall–Kier alpha value is -1.48. The molecular formula is C14H20N2O. The van der Waals surface area contributed by atoms with Gasteiger partial charge in [-0.25, -0.2) is 0 Å². The number of aromatic nitrogens is 1. The number of methoxy groups -OCH3 is 1. The van der Waals surface area contributed by atoms with E-state index in [1.807, 2.05) is 0 Å². The highest BCUT2D eigenvalue weighted by Gasteiger charge is 2.06. The lowest BCUT2D eigenvalue weighted by atomic mass is 10.2. The molecule has 1 heterocycles. The zero-order valence-electron chi connectivity index (χ0n) is 10.7. The monoisotopic (exact) mass is 232 g/mol. The average molecular weight is 232 g/mol. The van der Waals surface area contributed by atoms with Gasteiger partial charge in [0.2, 0.25) is 0 Å². The first kappa shape index (κ1) is 12.0. The molecule has 3 heteroatoms. The fourth-order valence-corrected chi connectivity index (χ4v) is 2.07. The molecule has 2 aromatic rings. The van der Waals surface area contributed by atoms with Crippen molar-refractivity contribution in [1.82, 2.24) is 4.57 Å². The summed E-state index contributed by atoms with van der Waals surface area (Å²) in [6, 6.07) is 8.98. The van der Waals surface area contributed by atoms with E-state index < -0.39 is 0 Å². The van der Waals surface area contributed by atoms with Crippen molar-refractivity contribution in [2.75, 3.05) is 19.0 Å². The van der Waals surface area contributed by atoms with Crippen LogP contribution in [0.1, 0.15) is 13.3 Å². The van der Waals surface area contributed by atoms with E-state index in [-0.39, 0.29) is 0 Å². The molecule has 1 aromatic carbocycles. The maximum atomic E-state index is 5.19. The highest BCUT2D eigenvalue weighted by Crippen LogP contribution is 2.20. The standard InChI is InChI=1S/C14H20N2O/c1-4-12(10-17-3)15-13-5-6-14-11(9-13)7-8-16(14)2/h5-9,12,15H,4,10H2,1-3H3. The predicted octanol–water partition coefficient (Wildman–Crippen LogP) is 3.02. The van der Waals surface area contributed by atoms with Crippen molar-refractivity contribution in [3.05, 3.63) is 30.5 Å². The van der Waals surface area contributed by atoms with Crippen LogP contribution in [-0.2, 0) is 11.8 Å². The fourth-order valence-electron chi connectivity index (χ4n) is 2.07. The van der Waals surface area contributed by atoms with Gasteiger partial charge >= 0.3 is 0 Å². The molecule has 0 radical (unpaired) electrons. The second-order valence-electron chi connectivity index (χ2n) is 4.41. The Labute approximate surface area is 102 Å². The second kappa shape index (κ2) is 5.23. The van der Waals surface area contributed by atoms with E-state index in [1.54, 1.807) is 7.11 Å². The Morgan fingerprint density at radius 2 is 2.18 bits per heavy atom. The third-order valence-corrected chi connectivity index (χ3v) is 3.12. The highest BCUT2D eigenvalue weighted by atomic mass is 16.5. The molecule has 17 heavy (non-hydrogen) atoms. The lowest BCUT2D eigenvalue weighted by molar-refractivity contribution is 0.184. The summed E-state index contributed by atoms with van der Waals surface area (Å²) in [5.41, 5.74) is 2.42. The normalized spacial score (nSPS) is 12.9. The summed E-state index contributed by atoms with van der Waals surface area (Å²) in [7, 11) is 3.81. The molecule has 92 valence electrons. The van der Waals surface area contributed by atoms with Gasteiger partial charge in [-0.1, -0.05) is 6.92 Å². The summed E-state index contributed by atoms with van der Waals surface area (Å²) in [5.74, 6) is 0. The van der Waals surface area contributed by atoms with Crippen LogP contribution in [0.3, 0.4) is 0 Å². The number of ether oxygens (including phenoxy) is 1. The number of nitrogens with one attached hydrogen (secondary N) is 1. The first-order valence-electron chi connectivity index (χ1n) is 6.05. The van der Waals surface area contributed by atoms with Crippen LogP contribution in [0, 0.1) is 0 Å². The first-order valence-corrected chi connectivity index (χ1v) is 6.05.